The molecule has 19 heteroatoms. The third kappa shape index (κ3) is 35.1. The van der Waals surface area contributed by atoms with E-state index in [9.17, 15) is 15.3 Å². The first-order valence-electron chi connectivity index (χ1n) is 16.2. The quantitative estimate of drug-likeness (QED) is 0.0231. The summed E-state index contributed by atoms with van der Waals surface area (Å²) in [5, 5.41) is 43.6. The second-order valence-corrected chi connectivity index (χ2v) is 16.6. The summed E-state index contributed by atoms with van der Waals surface area (Å²) in [6.07, 6.45) is -1.45. The molecule has 0 aliphatic heterocycles. The summed E-state index contributed by atoms with van der Waals surface area (Å²) >= 11 is 0. The number of ether oxygens (including phenoxy) is 3. The predicted octanol–water partition coefficient (Wildman–Crippen LogP) is -4.81. The molecule has 0 aliphatic rings. The zero-order chi connectivity index (χ0) is 34.9. The van der Waals surface area contributed by atoms with Crippen LogP contribution in [0.1, 0.15) is 33.6 Å². The molecule has 17 nitrogen and oxygen atoms in total. The van der Waals surface area contributed by atoms with Crippen LogP contribution < -0.4 is 21.3 Å². The van der Waals surface area contributed by atoms with Crippen LogP contribution in [0.5, 0.6) is 0 Å². The van der Waals surface area contributed by atoms with Crippen LogP contribution in [0.3, 0.4) is 0 Å². The van der Waals surface area contributed by atoms with E-state index < -0.39 is 35.9 Å². The molecule has 0 aromatic carbocycles. The zero-order valence-corrected chi connectivity index (χ0v) is 30.1. The highest BCUT2D eigenvalue weighted by Gasteiger charge is 2.26. The number of nitrogens with one attached hydrogen (secondary N) is 4. The van der Waals surface area contributed by atoms with Crippen LogP contribution in [0.4, 0.5) is 0 Å². The molecular weight excluding hydrogens is 642 g/mol. The van der Waals surface area contributed by atoms with Crippen LogP contribution in [0, 0.1) is 0 Å². The molecule has 0 aliphatic carbocycles. The Morgan fingerprint density at radius 3 is 1.46 bits per heavy atom. The van der Waals surface area contributed by atoms with E-state index in [2.05, 4.69) is 26.2 Å². The van der Waals surface area contributed by atoms with Crippen molar-refractivity contribution in [2.24, 2.45) is 0 Å². The lowest BCUT2D eigenvalue weighted by molar-refractivity contribution is -0.0559. The molecule has 0 amide bonds. The number of nitrogens with zero attached hydrogens (tertiary/aromatic N) is 1. The Bertz CT molecular complexity index is 705. The van der Waals surface area contributed by atoms with Gasteiger partial charge in [0.25, 0.3) is 0 Å². The van der Waals surface area contributed by atoms with Crippen LogP contribution >= 0.6 is 0 Å². The monoisotopic (exact) mass is 707 g/mol. The van der Waals surface area contributed by atoms with Crippen molar-refractivity contribution in [1.82, 2.24) is 26.2 Å². The normalized spacial score (nSPS) is 15.1. The second-order valence-electron chi connectivity index (χ2n) is 12.5. The van der Waals surface area contributed by atoms with E-state index in [0.717, 1.165) is 19.6 Å². The summed E-state index contributed by atoms with van der Waals surface area (Å²) in [6, 6.07) is -0.192. The van der Waals surface area contributed by atoms with Gasteiger partial charge in [0, 0.05) is 97.3 Å². The van der Waals surface area contributed by atoms with Gasteiger partial charge in [0.1, 0.15) is 0 Å². The van der Waals surface area contributed by atoms with Crippen molar-refractivity contribution in [2.75, 3.05) is 105 Å². The Balaban J connectivity index is 4.10. The van der Waals surface area contributed by atoms with E-state index in [1.165, 1.54) is 0 Å². The van der Waals surface area contributed by atoms with E-state index in [-0.39, 0.29) is 50.7 Å². The standard InChI is InChI=1S/C27H65N5O12Si2/c1-27(2,3)44-23-26(35)20-32(13-11-31-19-25(34)22-43-15-5-17-46(39,40)41)12-10-29-7-6-28-8-9-30-18-24(33)21-42-14-4-16-45(36,37)38/h24-26,28-31,33-41H,4-23H2,1-3H3. The molecular formula is C27H65N5O12Si2. The Morgan fingerprint density at radius 2 is 1.00 bits per heavy atom. The maximum atomic E-state index is 10.5. The molecule has 0 spiro atoms. The SMILES string of the molecule is CC(C)(C)OCC(O)CN(CCNCCNCCNCC(O)COCCC[Si](O)(O)O)CCNCC(O)COCCC[Si](O)(O)O. The summed E-state index contributed by atoms with van der Waals surface area (Å²) in [4.78, 5) is 55.9. The summed E-state index contributed by atoms with van der Waals surface area (Å²) in [6.45, 7) is 13.4. The lowest BCUT2D eigenvalue weighted by atomic mass is 10.2. The third-order valence-corrected chi connectivity index (χ3v) is 8.38. The van der Waals surface area contributed by atoms with Crippen molar-refractivity contribution in [2.45, 2.75) is 69.6 Å². The Hall–Kier alpha value is -0.246. The minimum atomic E-state index is -4.05. The van der Waals surface area contributed by atoms with E-state index >= 15 is 0 Å². The minimum Gasteiger partial charge on any atom is -0.390 e. The largest absolute Gasteiger partial charge is 0.492 e. The topological polar surface area (TPSA) is 261 Å². The smallest absolute Gasteiger partial charge is 0.390 e. The van der Waals surface area contributed by atoms with Crippen molar-refractivity contribution in [3.8, 4) is 0 Å². The van der Waals surface area contributed by atoms with Gasteiger partial charge in [-0.15, -0.1) is 0 Å². The minimum absolute atomic E-state index is 0.0883. The summed E-state index contributed by atoms with van der Waals surface area (Å²) < 4.78 is 16.3. The molecule has 0 heterocycles. The van der Waals surface area contributed by atoms with Crippen molar-refractivity contribution < 1.29 is 58.3 Å². The van der Waals surface area contributed by atoms with Gasteiger partial charge in [0.15, 0.2) is 0 Å². The molecule has 3 unspecified atom stereocenters. The summed E-state index contributed by atoms with van der Waals surface area (Å²) in [5.74, 6) is 0. The highest BCUT2D eigenvalue weighted by Crippen LogP contribution is 2.08. The molecule has 0 fully saturated rings. The first-order chi connectivity index (χ1) is 21.5. The van der Waals surface area contributed by atoms with E-state index in [4.69, 9.17) is 43.0 Å². The molecule has 0 radical (unpaired) electrons. The molecule has 3 atom stereocenters. The Labute approximate surface area is 276 Å². The predicted molar refractivity (Wildman–Crippen MR) is 177 cm³/mol. The molecule has 0 rings (SSSR count). The maximum Gasteiger partial charge on any atom is 0.492 e. The van der Waals surface area contributed by atoms with Crippen molar-refractivity contribution >= 4 is 17.6 Å². The molecule has 0 saturated carbocycles. The molecule has 0 saturated heterocycles. The first kappa shape index (κ1) is 45.8. The van der Waals surface area contributed by atoms with Gasteiger partial charge >= 0.3 is 17.6 Å². The Morgan fingerprint density at radius 1 is 0.587 bits per heavy atom. The number of hydrogen-bond acceptors (Lipinski definition) is 17. The lowest BCUT2D eigenvalue weighted by Gasteiger charge is -2.27. The molecule has 13 N–H and O–H groups in total. The third-order valence-electron chi connectivity index (χ3n) is 6.33. The van der Waals surface area contributed by atoms with E-state index in [1.54, 1.807) is 0 Å². The van der Waals surface area contributed by atoms with Crippen molar-refractivity contribution in [1.29, 1.82) is 0 Å². The fraction of sp³-hybridized carbons (Fsp3) is 1.00. The molecule has 0 aromatic rings. The number of hydrogen-bond donors (Lipinski definition) is 13. The molecule has 0 aromatic heterocycles. The van der Waals surface area contributed by atoms with Gasteiger partial charge in [-0.2, -0.15) is 0 Å². The second kappa shape index (κ2) is 26.6. The summed E-state index contributed by atoms with van der Waals surface area (Å²) in [7, 11) is -8.08. The van der Waals surface area contributed by atoms with Gasteiger partial charge < -0.3 is 79.6 Å². The van der Waals surface area contributed by atoms with Gasteiger partial charge in [-0.25, -0.2) is 0 Å². The highest BCUT2D eigenvalue weighted by atomic mass is 28.4. The van der Waals surface area contributed by atoms with Crippen LogP contribution in [-0.4, -0.2) is 196 Å². The fourth-order valence-electron chi connectivity index (χ4n) is 3.99. The average Bonchev–Trinajstić information content (AvgIpc) is 2.93. The van der Waals surface area contributed by atoms with Crippen LogP contribution in [0.2, 0.25) is 12.1 Å². The first-order valence-corrected chi connectivity index (χ1v) is 20.3. The van der Waals surface area contributed by atoms with Crippen LogP contribution in [0.15, 0.2) is 0 Å². The Kier molecular flexibility index (Phi) is 26.5. The van der Waals surface area contributed by atoms with Gasteiger partial charge in [-0.1, -0.05) is 0 Å². The molecule has 0 bridgehead atoms. The van der Waals surface area contributed by atoms with Gasteiger partial charge in [0.05, 0.1) is 43.7 Å². The highest BCUT2D eigenvalue weighted by molar-refractivity contribution is 6.56. The maximum absolute atomic E-state index is 10.5. The zero-order valence-electron chi connectivity index (χ0n) is 28.1. The number of rotatable bonds is 32. The number of aliphatic hydroxyl groups is 3. The van der Waals surface area contributed by atoms with Crippen LogP contribution in [0.25, 0.3) is 0 Å². The average molecular weight is 708 g/mol. The van der Waals surface area contributed by atoms with Crippen molar-refractivity contribution in [3.05, 3.63) is 0 Å². The van der Waals surface area contributed by atoms with Gasteiger partial charge in [-0.3, -0.25) is 4.90 Å². The molecule has 46 heavy (non-hydrogen) atoms. The number of aliphatic hydroxyl groups excluding tert-OH is 3. The fourth-order valence-corrected chi connectivity index (χ4v) is 5.22. The van der Waals surface area contributed by atoms with Crippen molar-refractivity contribution in [3.63, 3.8) is 0 Å². The van der Waals surface area contributed by atoms with Gasteiger partial charge in [0.2, 0.25) is 0 Å². The summed E-state index contributed by atoms with van der Waals surface area (Å²) in [5.41, 5.74) is -0.344. The van der Waals surface area contributed by atoms with Gasteiger partial charge in [-0.05, 0) is 33.6 Å². The lowest BCUT2D eigenvalue weighted by Crippen LogP contribution is -2.44. The van der Waals surface area contributed by atoms with E-state index in [1.807, 2.05) is 20.8 Å². The van der Waals surface area contributed by atoms with E-state index in [0.29, 0.717) is 65.2 Å². The van der Waals surface area contributed by atoms with Crippen LogP contribution in [-0.2, 0) is 14.2 Å². The molecule has 278 valence electrons.